The Labute approximate surface area is 158 Å². The summed E-state index contributed by atoms with van der Waals surface area (Å²) in [5.74, 6) is -0.426. The number of rotatable bonds is 6. The summed E-state index contributed by atoms with van der Waals surface area (Å²) < 4.78 is 20.1. The fourth-order valence-corrected chi connectivity index (χ4v) is 4.12. The van der Waals surface area contributed by atoms with Crippen LogP contribution in [0.25, 0.3) is 11.1 Å². The molecule has 0 unspecified atom stereocenters. The van der Waals surface area contributed by atoms with Crippen LogP contribution in [-0.2, 0) is 6.42 Å². The zero-order valence-electron chi connectivity index (χ0n) is 15.4. The van der Waals surface area contributed by atoms with Gasteiger partial charge in [-0.05, 0) is 74.9 Å². The average Bonchev–Trinajstić information content (AvgIpc) is 3.03. The minimum absolute atomic E-state index is 0.182. The van der Waals surface area contributed by atoms with E-state index < -0.39 is 0 Å². The highest BCUT2D eigenvalue weighted by molar-refractivity contribution is 5.72. The first-order valence-corrected chi connectivity index (χ1v) is 9.78. The summed E-state index contributed by atoms with van der Waals surface area (Å²) in [4.78, 5) is 12.2. The predicted molar refractivity (Wildman–Crippen MR) is 104 cm³/mol. The van der Waals surface area contributed by atoms with Crippen LogP contribution in [0.5, 0.6) is 0 Å². The maximum Gasteiger partial charge on any atom is 0.420 e. The van der Waals surface area contributed by atoms with Crippen molar-refractivity contribution < 1.29 is 8.81 Å². The Morgan fingerprint density at radius 3 is 2.56 bits per heavy atom. The number of benzene rings is 2. The molecule has 0 aliphatic heterocycles. The molecule has 1 aromatic heterocycles. The molecular weight excluding hydrogens is 343 g/mol. The van der Waals surface area contributed by atoms with Gasteiger partial charge in [-0.25, -0.2) is 9.18 Å². The SMILES string of the molecule is O=c1oc2ccccc2n1C1CCC(NCCCc2ccc(F)cc2)CC1. The van der Waals surface area contributed by atoms with Crippen molar-refractivity contribution in [3.05, 3.63) is 70.5 Å². The minimum atomic E-state index is -0.244. The van der Waals surface area contributed by atoms with E-state index in [-0.39, 0.29) is 17.6 Å². The molecule has 142 valence electrons. The van der Waals surface area contributed by atoms with E-state index in [1.54, 1.807) is 0 Å². The van der Waals surface area contributed by atoms with Crippen LogP contribution < -0.4 is 11.1 Å². The van der Waals surface area contributed by atoms with E-state index in [1.165, 1.54) is 17.7 Å². The van der Waals surface area contributed by atoms with Crippen molar-refractivity contribution >= 4 is 11.1 Å². The number of nitrogens with one attached hydrogen (secondary N) is 1. The molecule has 1 N–H and O–H groups in total. The van der Waals surface area contributed by atoms with Gasteiger partial charge in [-0.15, -0.1) is 0 Å². The van der Waals surface area contributed by atoms with E-state index in [4.69, 9.17) is 4.42 Å². The Bertz CT molecular complexity index is 937. The fraction of sp³-hybridized carbons (Fsp3) is 0.409. The lowest BCUT2D eigenvalue weighted by atomic mass is 9.90. The van der Waals surface area contributed by atoms with Crippen LogP contribution in [0.1, 0.15) is 43.7 Å². The summed E-state index contributed by atoms with van der Waals surface area (Å²) in [6.07, 6.45) is 6.09. The lowest BCUT2D eigenvalue weighted by Crippen LogP contribution is -2.35. The highest BCUT2D eigenvalue weighted by Gasteiger charge is 2.25. The van der Waals surface area contributed by atoms with E-state index in [0.717, 1.165) is 50.6 Å². The molecule has 0 amide bonds. The van der Waals surface area contributed by atoms with Crippen LogP contribution in [0.3, 0.4) is 0 Å². The first-order valence-electron chi connectivity index (χ1n) is 9.78. The topological polar surface area (TPSA) is 47.2 Å². The Morgan fingerprint density at radius 2 is 1.78 bits per heavy atom. The molecule has 0 bridgehead atoms. The first-order chi connectivity index (χ1) is 13.2. The van der Waals surface area contributed by atoms with Crippen molar-refractivity contribution in [2.24, 2.45) is 0 Å². The molecule has 0 spiro atoms. The highest BCUT2D eigenvalue weighted by atomic mass is 19.1. The molecule has 4 nitrogen and oxygen atoms in total. The highest BCUT2D eigenvalue weighted by Crippen LogP contribution is 2.30. The number of aromatic nitrogens is 1. The second kappa shape index (κ2) is 8.09. The Kier molecular flexibility index (Phi) is 5.39. The lowest BCUT2D eigenvalue weighted by Gasteiger charge is -2.29. The van der Waals surface area contributed by atoms with Gasteiger partial charge >= 0.3 is 5.76 Å². The molecule has 1 saturated carbocycles. The number of aryl methyl sites for hydroxylation is 1. The first kappa shape index (κ1) is 18.0. The monoisotopic (exact) mass is 368 g/mol. The molecule has 0 atom stereocenters. The Hall–Kier alpha value is -2.40. The molecule has 3 aromatic rings. The van der Waals surface area contributed by atoms with Crippen LogP contribution in [0, 0.1) is 5.82 Å². The van der Waals surface area contributed by atoms with Crippen molar-refractivity contribution in [2.75, 3.05) is 6.54 Å². The van der Waals surface area contributed by atoms with Gasteiger partial charge in [0.25, 0.3) is 0 Å². The summed E-state index contributed by atoms with van der Waals surface area (Å²) in [7, 11) is 0. The molecule has 0 saturated heterocycles. The molecule has 2 aromatic carbocycles. The number of hydrogen-bond donors (Lipinski definition) is 1. The molecule has 1 aliphatic carbocycles. The van der Waals surface area contributed by atoms with Gasteiger partial charge in [0.2, 0.25) is 0 Å². The third-order valence-corrected chi connectivity index (χ3v) is 5.57. The van der Waals surface area contributed by atoms with E-state index in [1.807, 2.05) is 41.0 Å². The quantitative estimate of drug-likeness (QED) is 0.655. The Morgan fingerprint density at radius 1 is 1.04 bits per heavy atom. The van der Waals surface area contributed by atoms with Crippen LogP contribution in [0.2, 0.25) is 0 Å². The number of fused-ring (bicyclic) bond motifs is 1. The van der Waals surface area contributed by atoms with Gasteiger partial charge in [0.05, 0.1) is 5.52 Å². The molecular formula is C22H25FN2O2. The molecule has 1 aliphatic rings. The van der Waals surface area contributed by atoms with Crippen molar-refractivity contribution in [3.8, 4) is 0 Å². The predicted octanol–water partition coefficient (Wildman–Crippen LogP) is 4.44. The maximum atomic E-state index is 12.9. The third kappa shape index (κ3) is 4.14. The fourth-order valence-electron chi connectivity index (χ4n) is 4.12. The Balaban J connectivity index is 1.26. The van der Waals surface area contributed by atoms with Crippen LogP contribution in [0.4, 0.5) is 4.39 Å². The zero-order chi connectivity index (χ0) is 18.6. The van der Waals surface area contributed by atoms with Gasteiger partial charge < -0.3 is 9.73 Å². The van der Waals surface area contributed by atoms with Gasteiger partial charge in [-0.2, -0.15) is 0 Å². The third-order valence-electron chi connectivity index (χ3n) is 5.57. The van der Waals surface area contributed by atoms with Crippen LogP contribution >= 0.6 is 0 Å². The van der Waals surface area contributed by atoms with E-state index in [9.17, 15) is 9.18 Å². The summed E-state index contributed by atoms with van der Waals surface area (Å²) in [5, 5.41) is 3.64. The summed E-state index contributed by atoms with van der Waals surface area (Å²) in [5.41, 5.74) is 2.75. The molecule has 4 rings (SSSR count). The second-order valence-electron chi connectivity index (χ2n) is 7.40. The smallest absolute Gasteiger partial charge is 0.408 e. The number of para-hydroxylation sites is 2. The molecule has 1 fully saturated rings. The molecule has 5 heteroatoms. The van der Waals surface area contributed by atoms with Crippen LogP contribution in [-0.4, -0.2) is 17.2 Å². The van der Waals surface area contributed by atoms with Gasteiger partial charge in [-0.3, -0.25) is 4.57 Å². The minimum Gasteiger partial charge on any atom is -0.408 e. The van der Waals surface area contributed by atoms with Crippen molar-refractivity contribution in [1.29, 1.82) is 0 Å². The molecule has 27 heavy (non-hydrogen) atoms. The standard InChI is InChI=1S/C22H25FN2O2/c23-17-9-7-16(8-10-17)4-3-15-24-18-11-13-19(14-12-18)25-20-5-1-2-6-21(20)27-22(25)26/h1-2,5-10,18-19,24H,3-4,11-15H2. The van der Waals surface area contributed by atoms with Gasteiger partial charge in [-0.1, -0.05) is 24.3 Å². The lowest BCUT2D eigenvalue weighted by molar-refractivity contribution is 0.283. The van der Waals surface area contributed by atoms with Crippen LogP contribution in [0.15, 0.2) is 57.7 Å². The largest absolute Gasteiger partial charge is 0.420 e. The van der Waals surface area contributed by atoms with Gasteiger partial charge in [0.15, 0.2) is 5.58 Å². The molecule has 1 heterocycles. The second-order valence-corrected chi connectivity index (χ2v) is 7.40. The number of hydrogen-bond acceptors (Lipinski definition) is 3. The summed E-state index contributed by atoms with van der Waals surface area (Å²) >= 11 is 0. The van der Waals surface area contributed by atoms with Gasteiger partial charge in [0.1, 0.15) is 5.82 Å². The van der Waals surface area contributed by atoms with Gasteiger partial charge in [0, 0.05) is 12.1 Å². The number of oxazole rings is 1. The van der Waals surface area contributed by atoms with Crippen molar-refractivity contribution in [3.63, 3.8) is 0 Å². The van der Waals surface area contributed by atoms with Crippen molar-refractivity contribution in [1.82, 2.24) is 9.88 Å². The maximum absolute atomic E-state index is 12.9. The number of halogens is 1. The van der Waals surface area contributed by atoms with E-state index >= 15 is 0 Å². The molecule has 0 radical (unpaired) electrons. The number of nitrogens with zero attached hydrogens (tertiary/aromatic N) is 1. The average molecular weight is 368 g/mol. The zero-order valence-corrected chi connectivity index (χ0v) is 15.4. The summed E-state index contributed by atoms with van der Waals surface area (Å²) in [6, 6.07) is 15.1. The normalized spacial score (nSPS) is 20.2. The van der Waals surface area contributed by atoms with E-state index in [2.05, 4.69) is 5.32 Å². The van der Waals surface area contributed by atoms with E-state index in [0.29, 0.717) is 11.6 Å². The van der Waals surface area contributed by atoms with Crippen molar-refractivity contribution in [2.45, 2.75) is 50.6 Å². The summed E-state index contributed by atoms with van der Waals surface area (Å²) in [6.45, 7) is 0.960.